The van der Waals surface area contributed by atoms with E-state index >= 15 is 0 Å². The maximum Gasteiger partial charge on any atom is 0.0897 e. The normalized spacial score (nSPS) is 27.6. The zero-order valence-electron chi connectivity index (χ0n) is 12.5. The molecule has 0 aromatic carbocycles. The lowest BCUT2D eigenvalue weighted by Gasteiger charge is -2.39. The Morgan fingerprint density at radius 1 is 1.42 bits per heavy atom. The first-order valence-electron chi connectivity index (χ1n) is 7.78. The second-order valence-electron chi connectivity index (χ2n) is 6.32. The quantitative estimate of drug-likeness (QED) is 0.843. The van der Waals surface area contributed by atoms with Crippen LogP contribution in [0.3, 0.4) is 0 Å². The van der Waals surface area contributed by atoms with E-state index in [1.165, 1.54) is 55.6 Å². The van der Waals surface area contributed by atoms with Crippen LogP contribution in [0.25, 0.3) is 0 Å². The number of aryl methyl sites for hydroxylation is 1. The molecule has 0 bridgehead atoms. The summed E-state index contributed by atoms with van der Waals surface area (Å²) in [5.41, 5.74) is 7.71. The van der Waals surface area contributed by atoms with Gasteiger partial charge in [0, 0.05) is 5.38 Å². The SMILES string of the molecule is CCCCC1CCC(CN)(Cc2csc(C)n2)CC1. The third kappa shape index (κ3) is 4.03. The predicted octanol–water partition coefficient (Wildman–Crippen LogP) is 4.32. The number of unbranched alkanes of at least 4 members (excludes halogenated alkanes) is 1. The van der Waals surface area contributed by atoms with Crippen molar-refractivity contribution < 1.29 is 0 Å². The van der Waals surface area contributed by atoms with Crippen LogP contribution in [-0.2, 0) is 6.42 Å². The molecule has 1 aromatic heterocycles. The van der Waals surface area contributed by atoms with Crippen molar-refractivity contribution in [3.63, 3.8) is 0 Å². The van der Waals surface area contributed by atoms with Gasteiger partial charge in [-0.2, -0.15) is 0 Å². The Morgan fingerprint density at radius 3 is 2.68 bits per heavy atom. The van der Waals surface area contributed by atoms with Crippen molar-refractivity contribution in [2.24, 2.45) is 17.1 Å². The largest absolute Gasteiger partial charge is 0.330 e. The fraction of sp³-hybridized carbons (Fsp3) is 0.812. The molecular weight excluding hydrogens is 252 g/mol. The number of hydrogen-bond acceptors (Lipinski definition) is 3. The predicted molar refractivity (Wildman–Crippen MR) is 83.5 cm³/mol. The zero-order chi connectivity index (χ0) is 13.7. The number of aromatic nitrogens is 1. The van der Waals surface area contributed by atoms with Gasteiger partial charge in [-0.15, -0.1) is 11.3 Å². The third-order valence-corrected chi connectivity index (χ3v) is 5.61. The van der Waals surface area contributed by atoms with Gasteiger partial charge >= 0.3 is 0 Å². The molecule has 0 amide bonds. The van der Waals surface area contributed by atoms with Crippen molar-refractivity contribution >= 4 is 11.3 Å². The minimum atomic E-state index is 0.337. The lowest BCUT2D eigenvalue weighted by Crippen LogP contribution is -2.37. The summed E-state index contributed by atoms with van der Waals surface area (Å²) in [6.45, 7) is 5.20. The maximum absolute atomic E-state index is 6.11. The molecule has 108 valence electrons. The number of nitrogens with two attached hydrogens (primary N) is 1. The smallest absolute Gasteiger partial charge is 0.0897 e. The van der Waals surface area contributed by atoms with Gasteiger partial charge in [-0.25, -0.2) is 4.98 Å². The fourth-order valence-corrected chi connectivity index (χ4v) is 4.01. The Labute approximate surface area is 121 Å². The maximum atomic E-state index is 6.11. The topological polar surface area (TPSA) is 38.9 Å². The van der Waals surface area contributed by atoms with Gasteiger partial charge in [-0.3, -0.25) is 0 Å². The summed E-state index contributed by atoms with van der Waals surface area (Å²) in [4.78, 5) is 4.63. The fourth-order valence-electron chi connectivity index (χ4n) is 3.40. The molecule has 2 rings (SSSR count). The summed E-state index contributed by atoms with van der Waals surface area (Å²) in [5.74, 6) is 0.955. The molecule has 1 heterocycles. The van der Waals surface area contributed by atoms with Crippen molar-refractivity contribution in [1.29, 1.82) is 0 Å². The molecule has 2 N–H and O–H groups in total. The van der Waals surface area contributed by atoms with Gasteiger partial charge in [0.1, 0.15) is 0 Å². The van der Waals surface area contributed by atoms with Gasteiger partial charge in [-0.05, 0) is 56.9 Å². The number of hydrogen-bond donors (Lipinski definition) is 1. The first-order valence-corrected chi connectivity index (χ1v) is 8.66. The van der Waals surface area contributed by atoms with Crippen LogP contribution in [0.5, 0.6) is 0 Å². The minimum absolute atomic E-state index is 0.337. The van der Waals surface area contributed by atoms with E-state index < -0.39 is 0 Å². The van der Waals surface area contributed by atoms with Gasteiger partial charge in [-0.1, -0.05) is 26.2 Å². The standard InChI is InChI=1S/C16H28N2S/c1-3-4-5-14-6-8-16(12-17,9-7-14)10-15-11-19-13(2)18-15/h11,14H,3-10,12,17H2,1-2H3. The van der Waals surface area contributed by atoms with Gasteiger partial charge in [0.25, 0.3) is 0 Å². The molecule has 1 fully saturated rings. The molecule has 1 aliphatic carbocycles. The third-order valence-electron chi connectivity index (χ3n) is 4.79. The molecule has 0 unspecified atom stereocenters. The van der Waals surface area contributed by atoms with Crippen LogP contribution in [0, 0.1) is 18.3 Å². The molecule has 1 aromatic rings. The van der Waals surface area contributed by atoms with Crippen molar-refractivity contribution in [2.45, 2.75) is 65.2 Å². The van der Waals surface area contributed by atoms with Crippen LogP contribution in [0.4, 0.5) is 0 Å². The molecule has 0 atom stereocenters. The zero-order valence-corrected chi connectivity index (χ0v) is 13.3. The molecule has 1 aliphatic rings. The van der Waals surface area contributed by atoms with E-state index in [4.69, 9.17) is 5.73 Å². The second kappa shape index (κ2) is 6.85. The summed E-state index contributed by atoms with van der Waals surface area (Å²) in [6, 6.07) is 0. The van der Waals surface area contributed by atoms with Crippen molar-refractivity contribution in [3.8, 4) is 0 Å². The average Bonchev–Trinajstić information content (AvgIpc) is 2.83. The Hall–Kier alpha value is -0.410. The summed E-state index contributed by atoms with van der Waals surface area (Å²) in [7, 11) is 0. The summed E-state index contributed by atoms with van der Waals surface area (Å²) in [6.07, 6.45) is 10.6. The Bertz CT molecular complexity index is 378. The summed E-state index contributed by atoms with van der Waals surface area (Å²) >= 11 is 1.76. The number of thiazole rings is 1. The van der Waals surface area contributed by atoms with Crippen LogP contribution in [0.1, 0.15) is 62.6 Å². The van der Waals surface area contributed by atoms with Crippen molar-refractivity contribution in [3.05, 3.63) is 16.1 Å². The van der Waals surface area contributed by atoms with E-state index in [-0.39, 0.29) is 0 Å². The molecule has 1 saturated carbocycles. The highest BCUT2D eigenvalue weighted by Crippen LogP contribution is 2.42. The highest BCUT2D eigenvalue weighted by Gasteiger charge is 2.34. The molecule has 0 spiro atoms. The van der Waals surface area contributed by atoms with Crippen LogP contribution >= 0.6 is 11.3 Å². The molecule has 19 heavy (non-hydrogen) atoms. The summed E-state index contributed by atoms with van der Waals surface area (Å²) < 4.78 is 0. The van der Waals surface area contributed by atoms with Gasteiger partial charge in [0.2, 0.25) is 0 Å². The van der Waals surface area contributed by atoms with Crippen molar-refractivity contribution in [2.75, 3.05) is 6.54 Å². The van der Waals surface area contributed by atoms with Crippen LogP contribution in [-0.4, -0.2) is 11.5 Å². The number of rotatable bonds is 6. The minimum Gasteiger partial charge on any atom is -0.330 e. The lowest BCUT2D eigenvalue weighted by atomic mass is 9.67. The lowest BCUT2D eigenvalue weighted by molar-refractivity contribution is 0.149. The first-order chi connectivity index (χ1) is 9.17. The van der Waals surface area contributed by atoms with E-state index in [1.54, 1.807) is 11.3 Å². The van der Waals surface area contributed by atoms with E-state index in [0.29, 0.717) is 5.41 Å². The Balaban J connectivity index is 1.90. The van der Waals surface area contributed by atoms with Gasteiger partial charge < -0.3 is 5.73 Å². The van der Waals surface area contributed by atoms with Gasteiger partial charge in [0.05, 0.1) is 10.7 Å². The summed E-state index contributed by atoms with van der Waals surface area (Å²) in [5, 5.41) is 3.40. The second-order valence-corrected chi connectivity index (χ2v) is 7.39. The Kier molecular flexibility index (Phi) is 5.40. The highest BCUT2D eigenvalue weighted by atomic mass is 32.1. The molecular formula is C16H28N2S. The van der Waals surface area contributed by atoms with E-state index in [2.05, 4.69) is 24.2 Å². The average molecular weight is 280 g/mol. The number of nitrogens with zero attached hydrogens (tertiary/aromatic N) is 1. The monoisotopic (exact) mass is 280 g/mol. The van der Waals surface area contributed by atoms with Crippen molar-refractivity contribution in [1.82, 2.24) is 4.98 Å². The van der Waals surface area contributed by atoms with Crippen LogP contribution < -0.4 is 5.73 Å². The molecule has 0 aliphatic heterocycles. The van der Waals surface area contributed by atoms with E-state index in [1.807, 2.05) is 0 Å². The molecule has 0 saturated heterocycles. The van der Waals surface area contributed by atoms with E-state index in [9.17, 15) is 0 Å². The highest BCUT2D eigenvalue weighted by molar-refractivity contribution is 7.09. The molecule has 2 nitrogen and oxygen atoms in total. The van der Waals surface area contributed by atoms with Gasteiger partial charge in [0.15, 0.2) is 0 Å². The molecule has 0 radical (unpaired) electrons. The van der Waals surface area contributed by atoms with Crippen LogP contribution in [0.15, 0.2) is 5.38 Å². The molecule has 3 heteroatoms. The van der Waals surface area contributed by atoms with Crippen LogP contribution in [0.2, 0.25) is 0 Å². The first kappa shape index (κ1) is 15.0. The Morgan fingerprint density at radius 2 is 2.16 bits per heavy atom. The van der Waals surface area contributed by atoms with E-state index in [0.717, 1.165) is 18.9 Å².